The molecule has 184 valence electrons. The Morgan fingerprint density at radius 2 is 1.58 bits per heavy atom. The van der Waals surface area contributed by atoms with Gasteiger partial charge in [0, 0.05) is 5.69 Å². The van der Waals surface area contributed by atoms with Gasteiger partial charge in [0.1, 0.15) is 11.3 Å². The van der Waals surface area contributed by atoms with Gasteiger partial charge in [0.15, 0.2) is 16.9 Å². The molecule has 0 radical (unpaired) electrons. The normalized spacial score (nSPS) is 14.8. The van der Waals surface area contributed by atoms with E-state index in [0.29, 0.717) is 51.6 Å². The predicted molar refractivity (Wildman–Crippen MR) is 138 cm³/mol. The van der Waals surface area contributed by atoms with Gasteiger partial charge in [-0.25, -0.2) is 0 Å². The minimum atomic E-state index is -0.715. The van der Waals surface area contributed by atoms with Gasteiger partial charge in [0.2, 0.25) is 5.76 Å². The smallest absolute Gasteiger partial charge is 0.295 e. The molecule has 2 heterocycles. The first-order valence-corrected chi connectivity index (χ1v) is 11.7. The molecule has 7 heteroatoms. The molecule has 1 atom stereocenters. The van der Waals surface area contributed by atoms with Gasteiger partial charge >= 0.3 is 0 Å². The topological polar surface area (TPSA) is 78.2 Å². The monoisotopic (exact) mass is 485 g/mol. The zero-order valence-corrected chi connectivity index (χ0v) is 20.9. The van der Waals surface area contributed by atoms with Crippen LogP contribution in [0.4, 0.5) is 5.69 Å². The van der Waals surface area contributed by atoms with Gasteiger partial charge in [-0.15, -0.1) is 0 Å². The van der Waals surface area contributed by atoms with Crippen molar-refractivity contribution in [3.63, 3.8) is 0 Å². The summed E-state index contributed by atoms with van der Waals surface area (Å²) in [5.74, 6) is 1.41. The first kappa shape index (κ1) is 23.5. The van der Waals surface area contributed by atoms with Crippen LogP contribution in [0.3, 0.4) is 0 Å². The molecule has 0 bridgehead atoms. The van der Waals surface area contributed by atoms with Crippen LogP contribution >= 0.6 is 0 Å². The molecule has 0 aliphatic carbocycles. The van der Waals surface area contributed by atoms with Crippen molar-refractivity contribution in [2.45, 2.75) is 26.8 Å². The van der Waals surface area contributed by atoms with Crippen LogP contribution in [0, 0.1) is 13.8 Å². The van der Waals surface area contributed by atoms with Crippen molar-refractivity contribution in [3.05, 3.63) is 92.8 Å². The molecule has 1 unspecified atom stereocenters. The lowest BCUT2D eigenvalue weighted by molar-refractivity contribution is 0.0971. The summed E-state index contributed by atoms with van der Waals surface area (Å²) in [6, 6.07) is 15.5. The van der Waals surface area contributed by atoms with Crippen molar-refractivity contribution in [1.82, 2.24) is 0 Å². The van der Waals surface area contributed by atoms with Crippen molar-refractivity contribution in [3.8, 4) is 17.2 Å². The number of amides is 1. The molecule has 1 amide bonds. The number of methoxy groups -OCH3 is 2. The van der Waals surface area contributed by atoms with Crippen molar-refractivity contribution in [2.24, 2.45) is 0 Å². The predicted octanol–water partition coefficient (Wildman–Crippen LogP) is 5.58. The van der Waals surface area contributed by atoms with E-state index in [1.54, 1.807) is 55.5 Å². The highest BCUT2D eigenvalue weighted by Crippen LogP contribution is 2.43. The van der Waals surface area contributed by atoms with Crippen molar-refractivity contribution in [1.29, 1.82) is 0 Å². The molecule has 1 aliphatic heterocycles. The Morgan fingerprint density at radius 3 is 2.25 bits per heavy atom. The minimum absolute atomic E-state index is 0.0458. The minimum Gasteiger partial charge on any atom is -0.494 e. The van der Waals surface area contributed by atoms with Crippen LogP contribution in [-0.4, -0.2) is 26.7 Å². The summed E-state index contributed by atoms with van der Waals surface area (Å²) in [5, 5.41) is 0.448. The van der Waals surface area contributed by atoms with Crippen LogP contribution in [0.1, 0.15) is 45.8 Å². The molecule has 0 spiro atoms. The lowest BCUT2D eigenvalue weighted by Gasteiger charge is -2.26. The molecular weight excluding hydrogens is 458 g/mol. The molecule has 3 aromatic carbocycles. The molecule has 36 heavy (non-hydrogen) atoms. The van der Waals surface area contributed by atoms with Gasteiger partial charge in [0.25, 0.3) is 5.91 Å². The molecule has 4 aromatic rings. The van der Waals surface area contributed by atoms with E-state index >= 15 is 0 Å². The van der Waals surface area contributed by atoms with E-state index in [4.69, 9.17) is 18.6 Å². The van der Waals surface area contributed by atoms with Gasteiger partial charge in [-0.05, 0) is 86.0 Å². The summed E-state index contributed by atoms with van der Waals surface area (Å²) in [5.41, 5.74) is 3.75. The lowest BCUT2D eigenvalue weighted by atomic mass is 9.97. The Labute approximate surface area is 208 Å². The van der Waals surface area contributed by atoms with Gasteiger partial charge in [-0.1, -0.05) is 6.07 Å². The van der Waals surface area contributed by atoms with Crippen LogP contribution in [0.25, 0.3) is 11.0 Å². The number of benzene rings is 3. The number of aryl methyl sites for hydroxylation is 2. The largest absolute Gasteiger partial charge is 0.494 e. The van der Waals surface area contributed by atoms with E-state index in [-0.39, 0.29) is 17.1 Å². The maximum absolute atomic E-state index is 13.9. The summed E-state index contributed by atoms with van der Waals surface area (Å²) < 4.78 is 22.6. The van der Waals surface area contributed by atoms with E-state index in [1.807, 2.05) is 39.0 Å². The second-order valence-electron chi connectivity index (χ2n) is 8.73. The zero-order valence-electron chi connectivity index (χ0n) is 20.9. The number of ether oxygens (including phenoxy) is 3. The Kier molecular flexibility index (Phi) is 5.92. The van der Waals surface area contributed by atoms with E-state index in [2.05, 4.69) is 0 Å². The summed E-state index contributed by atoms with van der Waals surface area (Å²) in [7, 11) is 3.11. The van der Waals surface area contributed by atoms with E-state index < -0.39 is 6.04 Å². The molecule has 0 fully saturated rings. The third-order valence-electron chi connectivity index (χ3n) is 6.64. The standard InChI is InChI=1S/C29H27NO6/c1-6-35-20-10-8-19(9-11-20)30-26(18-7-12-22(33-4)24(15-18)34-5)25-27(31)21-13-16(2)17(3)14-23(21)36-28(25)29(30)32/h7-15,26H,6H2,1-5H3. The molecular formula is C29H27NO6. The van der Waals surface area contributed by atoms with Crippen molar-refractivity contribution >= 4 is 22.6 Å². The van der Waals surface area contributed by atoms with Crippen LogP contribution in [0.5, 0.6) is 17.2 Å². The fourth-order valence-corrected chi connectivity index (χ4v) is 4.70. The molecule has 1 aromatic heterocycles. The average Bonchev–Trinajstić information content (AvgIpc) is 3.18. The molecule has 7 nitrogen and oxygen atoms in total. The molecule has 1 aliphatic rings. The Balaban J connectivity index is 1.77. The fourth-order valence-electron chi connectivity index (χ4n) is 4.70. The molecule has 5 rings (SSSR count). The lowest BCUT2D eigenvalue weighted by Crippen LogP contribution is -2.29. The Bertz CT molecular complexity index is 1540. The number of hydrogen-bond acceptors (Lipinski definition) is 6. The van der Waals surface area contributed by atoms with Crippen LogP contribution in [0.2, 0.25) is 0 Å². The maximum atomic E-state index is 13.9. The highest BCUT2D eigenvalue weighted by atomic mass is 16.5. The number of fused-ring (bicyclic) bond motifs is 2. The summed E-state index contributed by atoms with van der Waals surface area (Å²) in [6.07, 6.45) is 0. The second-order valence-corrected chi connectivity index (χ2v) is 8.73. The number of hydrogen-bond donors (Lipinski definition) is 0. The van der Waals surface area contributed by atoms with Crippen LogP contribution in [0.15, 0.2) is 63.8 Å². The third-order valence-corrected chi connectivity index (χ3v) is 6.64. The number of rotatable bonds is 6. The van der Waals surface area contributed by atoms with Crippen molar-refractivity contribution in [2.75, 3.05) is 25.7 Å². The first-order chi connectivity index (χ1) is 17.4. The van der Waals surface area contributed by atoms with Gasteiger partial charge in [-0.2, -0.15) is 0 Å². The number of carbonyl (C=O) groups excluding carboxylic acids is 1. The first-order valence-electron chi connectivity index (χ1n) is 11.7. The highest BCUT2D eigenvalue weighted by Gasteiger charge is 2.44. The van der Waals surface area contributed by atoms with Crippen LogP contribution < -0.4 is 24.5 Å². The SMILES string of the molecule is CCOc1ccc(N2C(=O)c3oc4cc(C)c(C)cc4c(=O)c3C2c2ccc(OC)c(OC)c2)cc1. The van der Waals surface area contributed by atoms with Gasteiger partial charge in [-0.3, -0.25) is 14.5 Å². The molecule has 0 saturated carbocycles. The summed E-state index contributed by atoms with van der Waals surface area (Å²) >= 11 is 0. The maximum Gasteiger partial charge on any atom is 0.295 e. The van der Waals surface area contributed by atoms with Crippen molar-refractivity contribution < 1.29 is 23.4 Å². The molecule has 0 saturated heterocycles. The molecule has 0 N–H and O–H groups in total. The van der Waals surface area contributed by atoms with Gasteiger partial charge < -0.3 is 18.6 Å². The van der Waals surface area contributed by atoms with Gasteiger partial charge in [0.05, 0.1) is 37.8 Å². The highest BCUT2D eigenvalue weighted by molar-refractivity contribution is 6.10. The fraction of sp³-hybridized carbons (Fsp3) is 0.241. The summed E-state index contributed by atoms with van der Waals surface area (Å²) in [6.45, 7) is 6.34. The number of anilines is 1. The quantitative estimate of drug-likeness (QED) is 0.355. The van der Waals surface area contributed by atoms with E-state index in [0.717, 1.165) is 11.1 Å². The average molecular weight is 486 g/mol. The Morgan fingerprint density at radius 1 is 0.889 bits per heavy atom. The third kappa shape index (κ3) is 3.68. The second kappa shape index (κ2) is 9.07. The van der Waals surface area contributed by atoms with E-state index in [1.165, 1.54) is 0 Å². The Hall–Kier alpha value is -4.26. The van der Waals surface area contributed by atoms with Crippen LogP contribution in [-0.2, 0) is 0 Å². The number of nitrogens with zero attached hydrogens (tertiary/aromatic N) is 1. The van der Waals surface area contributed by atoms with E-state index in [9.17, 15) is 9.59 Å². The zero-order chi connectivity index (χ0) is 25.6. The summed E-state index contributed by atoms with van der Waals surface area (Å²) in [4.78, 5) is 29.3. The number of carbonyl (C=O) groups is 1.